The van der Waals surface area contributed by atoms with Crippen molar-refractivity contribution in [1.82, 2.24) is 15.2 Å². The molecule has 0 aliphatic carbocycles. The highest BCUT2D eigenvalue weighted by Crippen LogP contribution is 2.15. The second kappa shape index (κ2) is 9.66. The van der Waals surface area contributed by atoms with Gasteiger partial charge in [0.1, 0.15) is 0 Å². The molecule has 4 nitrogen and oxygen atoms in total. The average Bonchev–Trinajstić information content (AvgIpc) is 2.51. The maximum atomic E-state index is 12.3. The number of carbonyl (C=O) groups is 1. The molecule has 0 unspecified atom stereocenters. The minimum atomic E-state index is 0.0229. The fourth-order valence-corrected chi connectivity index (χ4v) is 3.20. The van der Waals surface area contributed by atoms with E-state index in [4.69, 9.17) is 0 Å². The number of hydrogen-bond acceptors (Lipinski definition) is 3. The molecule has 128 valence electrons. The van der Waals surface area contributed by atoms with E-state index in [9.17, 15) is 4.79 Å². The smallest absolute Gasteiger partial charge is 0.221 e. The fraction of sp³-hybridized carbons (Fsp3) is 0.684. The topological polar surface area (TPSA) is 45.2 Å². The number of likely N-dealkylation sites (tertiary alicyclic amines) is 1. The van der Waals surface area contributed by atoms with E-state index in [1.54, 1.807) is 0 Å². The number of nitrogens with one attached hydrogen (secondary N) is 1. The Morgan fingerprint density at radius 3 is 2.61 bits per heavy atom. The first-order valence-electron chi connectivity index (χ1n) is 9.13. The molecule has 4 heteroatoms. The lowest BCUT2D eigenvalue weighted by Gasteiger charge is -2.24. The van der Waals surface area contributed by atoms with Gasteiger partial charge in [0.05, 0.1) is 11.7 Å². The molecule has 0 bridgehead atoms. The fourth-order valence-electron chi connectivity index (χ4n) is 3.20. The Morgan fingerprint density at radius 1 is 1.26 bits per heavy atom. The minimum Gasteiger partial charge on any atom is -0.348 e. The highest BCUT2D eigenvalue weighted by molar-refractivity contribution is 5.76. The van der Waals surface area contributed by atoms with E-state index in [1.165, 1.54) is 37.7 Å². The lowest BCUT2D eigenvalue weighted by Crippen LogP contribution is -2.34. The SMILES string of the molecule is CC[C@@H](NC(=O)CCN1CCCCCCC1)c1cc(C)ccn1. The van der Waals surface area contributed by atoms with E-state index in [0.717, 1.165) is 31.7 Å². The van der Waals surface area contributed by atoms with Crippen molar-refractivity contribution in [2.24, 2.45) is 0 Å². The number of rotatable bonds is 6. The summed E-state index contributed by atoms with van der Waals surface area (Å²) in [6, 6.07) is 4.07. The summed E-state index contributed by atoms with van der Waals surface area (Å²) in [6.07, 6.45) is 9.85. The van der Waals surface area contributed by atoms with Crippen molar-refractivity contribution >= 4 is 5.91 Å². The van der Waals surface area contributed by atoms with Crippen LogP contribution in [0.15, 0.2) is 18.3 Å². The van der Waals surface area contributed by atoms with Crippen molar-refractivity contribution in [2.75, 3.05) is 19.6 Å². The average molecular weight is 317 g/mol. The van der Waals surface area contributed by atoms with Gasteiger partial charge in [0.15, 0.2) is 0 Å². The molecule has 23 heavy (non-hydrogen) atoms. The molecule has 1 amide bonds. The number of nitrogens with zero attached hydrogens (tertiary/aromatic N) is 2. The molecule has 2 rings (SSSR count). The molecule has 0 saturated carbocycles. The first-order valence-corrected chi connectivity index (χ1v) is 9.13. The molecule has 1 aromatic rings. The van der Waals surface area contributed by atoms with Crippen LogP contribution in [0.25, 0.3) is 0 Å². The molecule has 1 aliphatic heterocycles. The first kappa shape index (κ1) is 17.9. The molecular weight excluding hydrogens is 286 g/mol. The van der Waals surface area contributed by atoms with Crippen LogP contribution in [0.4, 0.5) is 0 Å². The van der Waals surface area contributed by atoms with Gasteiger partial charge in [-0.3, -0.25) is 9.78 Å². The van der Waals surface area contributed by atoms with Crippen LogP contribution in [0.2, 0.25) is 0 Å². The number of pyridine rings is 1. The second-order valence-corrected chi connectivity index (χ2v) is 6.65. The Morgan fingerprint density at radius 2 is 1.96 bits per heavy atom. The van der Waals surface area contributed by atoms with Gasteiger partial charge in [-0.25, -0.2) is 0 Å². The first-order chi connectivity index (χ1) is 11.2. The zero-order valence-electron chi connectivity index (χ0n) is 14.7. The second-order valence-electron chi connectivity index (χ2n) is 6.65. The van der Waals surface area contributed by atoms with E-state index in [2.05, 4.69) is 35.1 Å². The van der Waals surface area contributed by atoms with Crippen molar-refractivity contribution in [3.63, 3.8) is 0 Å². The van der Waals surface area contributed by atoms with Gasteiger partial charge in [-0.1, -0.05) is 26.2 Å². The van der Waals surface area contributed by atoms with Crippen LogP contribution < -0.4 is 5.32 Å². The van der Waals surface area contributed by atoms with Crippen molar-refractivity contribution in [1.29, 1.82) is 0 Å². The van der Waals surface area contributed by atoms with Gasteiger partial charge in [-0.05, 0) is 57.0 Å². The van der Waals surface area contributed by atoms with Gasteiger partial charge in [-0.15, -0.1) is 0 Å². The van der Waals surface area contributed by atoms with Crippen molar-refractivity contribution < 1.29 is 4.79 Å². The number of hydrogen-bond donors (Lipinski definition) is 1. The van der Waals surface area contributed by atoms with Crippen LogP contribution in [-0.2, 0) is 4.79 Å². The van der Waals surface area contributed by atoms with Gasteiger partial charge in [-0.2, -0.15) is 0 Å². The molecule has 1 atom stereocenters. The molecule has 0 aromatic carbocycles. The summed E-state index contributed by atoms with van der Waals surface area (Å²) in [4.78, 5) is 19.2. The summed E-state index contributed by atoms with van der Waals surface area (Å²) in [6.45, 7) is 7.31. The van der Waals surface area contributed by atoms with Gasteiger partial charge < -0.3 is 10.2 Å². The van der Waals surface area contributed by atoms with Crippen LogP contribution in [-0.4, -0.2) is 35.4 Å². The summed E-state index contributed by atoms with van der Waals surface area (Å²) < 4.78 is 0. The lowest BCUT2D eigenvalue weighted by atomic mass is 10.1. The Bertz CT molecular complexity index is 481. The van der Waals surface area contributed by atoms with E-state index >= 15 is 0 Å². The largest absolute Gasteiger partial charge is 0.348 e. The molecule has 1 fully saturated rings. The van der Waals surface area contributed by atoms with E-state index in [1.807, 2.05) is 12.3 Å². The summed E-state index contributed by atoms with van der Waals surface area (Å²) in [5.41, 5.74) is 2.15. The summed E-state index contributed by atoms with van der Waals surface area (Å²) in [5, 5.41) is 3.15. The van der Waals surface area contributed by atoms with Gasteiger partial charge in [0.2, 0.25) is 5.91 Å². The van der Waals surface area contributed by atoms with Crippen LogP contribution in [0.3, 0.4) is 0 Å². The van der Waals surface area contributed by atoms with E-state index in [0.29, 0.717) is 6.42 Å². The molecule has 1 N–H and O–H groups in total. The van der Waals surface area contributed by atoms with Gasteiger partial charge in [0, 0.05) is 19.2 Å². The molecule has 0 spiro atoms. The molecule has 2 heterocycles. The number of carbonyl (C=O) groups excluding carboxylic acids is 1. The van der Waals surface area contributed by atoms with Crippen LogP contribution in [0.5, 0.6) is 0 Å². The number of aryl methyl sites for hydroxylation is 1. The minimum absolute atomic E-state index is 0.0229. The van der Waals surface area contributed by atoms with Gasteiger partial charge in [0.25, 0.3) is 0 Å². The Hall–Kier alpha value is -1.42. The predicted molar refractivity (Wildman–Crippen MR) is 94.3 cm³/mol. The predicted octanol–water partition coefficient (Wildman–Crippen LogP) is 3.61. The van der Waals surface area contributed by atoms with Crippen LogP contribution in [0.1, 0.15) is 69.2 Å². The molecule has 1 aromatic heterocycles. The normalized spacial score (nSPS) is 18.0. The highest BCUT2D eigenvalue weighted by Gasteiger charge is 2.15. The van der Waals surface area contributed by atoms with Crippen LogP contribution in [0, 0.1) is 6.92 Å². The quantitative estimate of drug-likeness (QED) is 0.871. The van der Waals surface area contributed by atoms with Crippen molar-refractivity contribution in [2.45, 2.75) is 64.8 Å². The maximum absolute atomic E-state index is 12.3. The van der Waals surface area contributed by atoms with Gasteiger partial charge >= 0.3 is 0 Å². The Labute approximate surface area is 140 Å². The van der Waals surface area contributed by atoms with Crippen LogP contribution >= 0.6 is 0 Å². The molecule has 1 aliphatic rings. The highest BCUT2D eigenvalue weighted by atomic mass is 16.1. The molecule has 0 radical (unpaired) electrons. The molecular formula is C19H31N3O. The third-order valence-corrected chi connectivity index (χ3v) is 4.64. The van der Waals surface area contributed by atoms with E-state index in [-0.39, 0.29) is 11.9 Å². The lowest BCUT2D eigenvalue weighted by molar-refractivity contribution is -0.122. The monoisotopic (exact) mass is 317 g/mol. The summed E-state index contributed by atoms with van der Waals surface area (Å²) in [7, 11) is 0. The number of aromatic nitrogens is 1. The third-order valence-electron chi connectivity index (χ3n) is 4.64. The van der Waals surface area contributed by atoms with Crippen molar-refractivity contribution in [3.05, 3.63) is 29.6 Å². The standard InChI is InChI=1S/C19H31N3O/c1-3-17(18-15-16(2)9-11-20-18)21-19(23)10-14-22-12-7-5-4-6-8-13-22/h9,11,15,17H,3-8,10,12-14H2,1-2H3,(H,21,23)/t17-/m1/s1. The zero-order valence-corrected chi connectivity index (χ0v) is 14.7. The number of amides is 1. The summed E-state index contributed by atoms with van der Waals surface area (Å²) >= 11 is 0. The van der Waals surface area contributed by atoms with Crippen molar-refractivity contribution in [3.8, 4) is 0 Å². The third kappa shape index (κ3) is 6.30. The van der Waals surface area contributed by atoms with E-state index < -0.39 is 0 Å². The molecule has 1 saturated heterocycles. The summed E-state index contributed by atoms with van der Waals surface area (Å²) in [5.74, 6) is 0.141. The Kier molecular flexibility index (Phi) is 7.53. The zero-order chi connectivity index (χ0) is 16.5. The Balaban J connectivity index is 1.80. The maximum Gasteiger partial charge on any atom is 0.221 e.